The second kappa shape index (κ2) is 13.5. The van der Waals surface area contributed by atoms with E-state index in [1.54, 1.807) is 0 Å². The summed E-state index contributed by atoms with van der Waals surface area (Å²) in [6, 6.07) is 32.1. The van der Waals surface area contributed by atoms with Gasteiger partial charge in [-0.2, -0.15) is 5.10 Å². The summed E-state index contributed by atoms with van der Waals surface area (Å²) in [5, 5.41) is 6.25. The molecule has 0 bridgehead atoms. The Kier molecular flexibility index (Phi) is 9.58. The number of para-hydroxylation sites is 3. The molecule has 0 amide bonds. The lowest BCUT2D eigenvalue weighted by Gasteiger charge is -2.18. The van der Waals surface area contributed by atoms with Crippen LogP contribution in [-0.4, -0.2) is 21.7 Å². The van der Waals surface area contributed by atoms with Crippen LogP contribution in [0.15, 0.2) is 101 Å². The van der Waals surface area contributed by atoms with Crippen LogP contribution in [0, 0.1) is 0 Å². The minimum atomic E-state index is 0.363. The van der Waals surface area contributed by atoms with Crippen LogP contribution in [0.3, 0.4) is 0 Å². The first-order valence-corrected chi connectivity index (χ1v) is 16.0. The highest BCUT2D eigenvalue weighted by Crippen LogP contribution is 2.36. The van der Waals surface area contributed by atoms with Crippen molar-refractivity contribution in [3.8, 4) is 0 Å². The molecule has 5 aromatic rings. The molecule has 226 valence electrons. The highest BCUT2D eigenvalue weighted by Gasteiger charge is 2.18. The number of benzene rings is 4. The van der Waals surface area contributed by atoms with Gasteiger partial charge in [-0.05, 0) is 57.6 Å². The first-order valence-electron chi connectivity index (χ1n) is 16.0. The van der Waals surface area contributed by atoms with E-state index in [2.05, 4.69) is 151 Å². The molecule has 0 radical (unpaired) electrons. The van der Waals surface area contributed by atoms with Gasteiger partial charge in [0.1, 0.15) is 5.69 Å². The van der Waals surface area contributed by atoms with Crippen LogP contribution in [0.25, 0.3) is 10.9 Å². The van der Waals surface area contributed by atoms with Crippen LogP contribution in [-0.2, 0) is 6.54 Å². The molecule has 0 atom stereocenters. The summed E-state index contributed by atoms with van der Waals surface area (Å²) in [4.78, 5) is 10.6. The van der Waals surface area contributed by atoms with Gasteiger partial charge in [0, 0.05) is 5.39 Å². The van der Waals surface area contributed by atoms with Crippen molar-refractivity contribution in [2.45, 2.75) is 85.6 Å². The van der Waals surface area contributed by atoms with Crippen molar-refractivity contribution in [1.82, 2.24) is 9.78 Å². The van der Waals surface area contributed by atoms with Crippen LogP contribution in [0.1, 0.15) is 113 Å². The Morgan fingerprint density at radius 2 is 1.11 bits per heavy atom. The molecule has 4 nitrogen and oxygen atoms in total. The van der Waals surface area contributed by atoms with E-state index in [9.17, 15) is 0 Å². The SMILES string of the molecule is CC(C)c1cccc(C(C)C)c1/N=C/c1nn(C/C(=N/c2c(C(C)C)cccc2C(C)C)c2ccccc2)c2ccccc12. The third kappa shape index (κ3) is 6.60. The maximum atomic E-state index is 5.46. The monoisotopic (exact) mass is 582 g/mol. The molecule has 0 saturated carbocycles. The molecule has 4 heteroatoms. The molecule has 5 rings (SSSR count). The molecule has 0 saturated heterocycles. The van der Waals surface area contributed by atoms with Crippen LogP contribution in [0.2, 0.25) is 0 Å². The van der Waals surface area contributed by atoms with Gasteiger partial charge in [-0.25, -0.2) is 0 Å². The predicted molar refractivity (Wildman–Crippen MR) is 189 cm³/mol. The Hall–Kier alpha value is -4.31. The minimum absolute atomic E-state index is 0.363. The number of nitrogens with zero attached hydrogens (tertiary/aromatic N) is 4. The summed E-state index contributed by atoms with van der Waals surface area (Å²) in [5.41, 5.74) is 11.2. The average molecular weight is 583 g/mol. The maximum Gasteiger partial charge on any atom is 0.111 e. The summed E-state index contributed by atoms with van der Waals surface area (Å²) in [6.07, 6.45) is 1.95. The topological polar surface area (TPSA) is 42.5 Å². The second-order valence-electron chi connectivity index (χ2n) is 12.9. The van der Waals surface area contributed by atoms with Gasteiger partial charge >= 0.3 is 0 Å². The Morgan fingerprint density at radius 3 is 1.66 bits per heavy atom. The molecular weight excluding hydrogens is 536 g/mol. The lowest BCUT2D eigenvalue weighted by Crippen LogP contribution is -2.13. The maximum absolute atomic E-state index is 5.46. The van der Waals surface area contributed by atoms with Gasteiger partial charge in [-0.1, -0.05) is 140 Å². The Bertz CT molecular complexity index is 1730. The summed E-state index contributed by atoms with van der Waals surface area (Å²) in [6.45, 7) is 18.5. The summed E-state index contributed by atoms with van der Waals surface area (Å²) < 4.78 is 2.09. The lowest BCUT2D eigenvalue weighted by atomic mass is 9.92. The Labute approximate surface area is 263 Å². The number of fused-ring (bicyclic) bond motifs is 1. The van der Waals surface area contributed by atoms with Crippen molar-refractivity contribution < 1.29 is 0 Å². The molecule has 0 fully saturated rings. The fourth-order valence-electron chi connectivity index (χ4n) is 5.89. The summed E-state index contributed by atoms with van der Waals surface area (Å²) >= 11 is 0. The number of aromatic nitrogens is 2. The highest BCUT2D eigenvalue weighted by atomic mass is 15.3. The second-order valence-corrected chi connectivity index (χ2v) is 12.9. The zero-order valence-corrected chi connectivity index (χ0v) is 27.5. The quantitative estimate of drug-likeness (QED) is 0.151. The molecule has 0 aliphatic heterocycles. The molecular formula is C40H46N4. The predicted octanol–water partition coefficient (Wildman–Crippen LogP) is 11.1. The molecule has 4 aromatic carbocycles. The van der Waals surface area contributed by atoms with Crippen molar-refractivity contribution in [1.29, 1.82) is 0 Å². The third-order valence-electron chi connectivity index (χ3n) is 8.34. The first-order chi connectivity index (χ1) is 21.2. The van der Waals surface area contributed by atoms with Crippen molar-refractivity contribution in [3.05, 3.63) is 125 Å². The number of aliphatic imine (C=N–C) groups is 2. The molecule has 0 unspecified atom stereocenters. The fourth-order valence-corrected chi connectivity index (χ4v) is 5.89. The van der Waals surface area contributed by atoms with E-state index in [1.807, 2.05) is 6.21 Å². The summed E-state index contributed by atoms with van der Waals surface area (Å²) in [7, 11) is 0. The van der Waals surface area contributed by atoms with Crippen molar-refractivity contribution in [3.63, 3.8) is 0 Å². The van der Waals surface area contributed by atoms with Crippen LogP contribution in [0.5, 0.6) is 0 Å². The number of hydrogen-bond acceptors (Lipinski definition) is 3. The smallest absolute Gasteiger partial charge is 0.111 e. The van der Waals surface area contributed by atoms with Gasteiger partial charge < -0.3 is 0 Å². The van der Waals surface area contributed by atoms with Crippen LogP contribution >= 0.6 is 0 Å². The molecule has 0 N–H and O–H groups in total. The molecule has 0 spiro atoms. The molecule has 1 heterocycles. The van der Waals surface area contributed by atoms with Crippen molar-refractivity contribution >= 4 is 34.2 Å². The van der Waals surface area contributed by atoms with E-state index in [4.69, 9.17) is 15.1 Å². The minimum Gasteiger partial charge on any atom is -0.258 e. The molecule has 0 aliphatic rings. The molecule has 1 aromatic heterocycles. The third-order valence-corrected chi connectivity index (χ3v) is 8.34. The van der Waals surface area contributed by atoms with Crippen LogP contribution in [0.4, 0.5) is 11.4 Å². The molecule has 44 heavy (non-hydrogen) atoms. The van der Waals surface area contributed by atoms with E-state index in [0.717, 1.165) is 39.2 Å². The van der Waals surface area contributed by atoms with E-state index in [-0.39, 0.29) is 0 Å². The highest BCUT2D eigenvalue weighted by molar-refractivity contribution is 6.04. The first kappa shape index (κ1) is 31.1. The van der Waals surface area contributed by atoms with Gasteiger partial charge in [-0.15, -0.1) is 0 Å². The van der Waals surface area contributed by atoms with Gasteiger partial charge in [-0.3, -0.25) is 14.7 Å². The largest absolute Gasteiger partial charge is 0.258 e. The fraction of sp³-hybridized carbons (Fsp3) is 0.325. The normalized spacial score (nSPS) is 12.6. The van der Waals surface area contributed by atoms with Crippen molar-refractivity contribution in [2.24, 2.45) is 9.98 Å². The Morgan fingerprint density at radius 1 is 0.614 bits per heavy atom. The number of hydrogen-bond donors (Lipinski definition) is 0. The zero-order valence-electron chi connectivity index (χ0n) is 27.5. The van der Waals surface area contributed by atoms with Gasteiger partial charge in [0.25, 0.3) is 0 Å². The van der Waals surface area contributed by atoms with E-state index in [1.165, 1.54) is 22.3 Å². The zero-order chi connectivity index (χ0) is 31.4. The Balaban J connectivity index is 1.65. The summed E-state index contributed by atoms with van der Waals surface area (Å²) in [5.74, 6) is 1.48. The van der Waals surface area contributed by atoms with E-state index in [0.29, 0.717) is 30.2 Å². The average Bonchev–Trinajstić information content (AvgIpc) is 3.36. The standard InChI is InChI=1S/C40H46N4/c1-26(2)31-19-14-20-32(27(3)4)39(31)41-24-36-35-18-12-13-23-38(35)44(43-36)25-37(30-16-10-9-11-17-30)42-40-33(28(5)6)21-15-22-34(40)29(7)8/h9-24,26-29H,25H2,1-8H3/b41-24+,42-37-. The van der Waals surface area contributed by atoms with Gasteiger partial charge in [0.2, 0.25) is 0 Å². The van der Waals surface area contributed by atoms with Crippen molar-refractivity contribution in [2.75, 3.05) is 0 Å². The number of rotatable bonds is 10. The van der Waals surface area contributed by atoms with Gasteiger partial charge in [0.15, 0.2) is 0 Å². The van der Waals surface area contributed by atoms with E-state index >= 15 is 0 Å². The molecule has 0 aliphatic carbocycles. The van der Waals surface area contributed by atoms with Gasteiger partial charge in [0.05, 0.1) is 35.4 Å². The van der Waals surface area contributed by atoms with Crippen LogP contribution < -0.4 is 0 Å². The lowest BCUT2D eigenvalue weighted by molar-refractivity contribution is 0.748. The van der Waals surface area contributed by atoms with E-state index < -0.39 is 0 Å².